The Hall–Kier alpha value is -1.88. The first-order chi connectivity index (χ1) is 9.77. The third kappa shape index (κ3) is 3.82. The second kappa shape index (κ2) is 5.85. The van der Waals surface area contributed by atoms with Crippen LogP contribution in [0.2, 0.25) is 0 Å². The molecule has 0 aliphatic carbocycles. The molecule has 0 unspecified atom stereocenters. The van der Waals surface area contributed by atoms with Gasteiger partial charge in [-0.05, 0) is 30.5 Å². The van der Waals surface area contributed by atoms with Crippen molar-refractivity contribution in [3.63, 3.8) is 0 Å². The maximum absolute atomic E-state index is 10.9. The molecule has 0 saturated carbocycles. The summed E-state index contributed by atoms with van der Waals surface area (Å²) in [6.07, 6.45) is 0. The number of rotatable bonds is 4. The third-order valence-electron chi connectivity index (χ3n) is 3.27. The van der Waals surface area contributed by atoms with Crippen molar-refractivity contribution in [1.29, 1.82) is 0 Å². The van der Waals surface area contributed by atoms with Crippen molar-refractivity contribution in [1.82, 2.24) is 0 Å². The predicted octanol–water partition coefficient (Wildman–Crippen LogP) is 4.87. The van der Waals surface area contributed by atoms with Gasteiger partial charge in [0.05, 0.1) is 4.92 Å². The highest BCUT2D eigenvalue weighted by Crippen LogP contribution is 2.30. The van der Waals surface area contributed by atoms with E-state index in [1.165, 1.54) is 9.75 Å². The van der Waals surface area contributed by atoms with Gasteiger partial charge in [0.25, 0.3) is 5.69 Å². The number of thiophene rings is 1. The fraction of sp³-hybridized carbons (Fsp3) is 0.375. The SMILES string of the molecule is Cc1ccc(NCc2ccc(C(C)(C)C)s2)cc1[N+](=O)[O-]. The summed E-state index contributed by atoms with van der Waals surface area (Å²) in [7, 11) is 0. The summed E-state index contributed by atoms with van der Waals surface area (Å²) in [5, 5.41) is 14.2. The van der Waals surface area contributed by atoms with E-state index >= 15 is 0 Å². The van der Waals surface area contributed by atoms with E-state index in [1.54, 1.807) is 30.4 Å². The molecule has 1 heterocycles. The summed E-state index contributed by atoms with van der Waals surface area (Å²) in [5.41, 5.74) is 1.77. The third-order valence-corrected chi connectivity index (χ3v) is 4.78. The molecule has 1 aromatic carbocycles. The lowest BCUT2D eigenvalue weighted by Crippen LogP contribution is -2.07. The standard InChI is InChI=1S/C16H20N2O2S/c1-11-5-6-12(9-14(11)18(19)20)17-10-13-7-8-15(21-13)16(2,3)4/h5-9,17H,10H2,1-4H3. The zero-order valence-electron chi connectivity index (χ0n) is 12.8. The summed E-state index contributed by atoms with van der Waals surface area (Å²) in [6, 6.07) is 9.50. The number of nitro benzene ring substituents is 1. The Balaban J connectivity index is 2.08. The number of anilines is 1. The van der Waals surface area contributed by atoms with Gasteiger partial charge in [-0.3, -0.25) is 10.1 Å². The van der Waals surface area contributed by atoms with Gasteiger partial charge in [-0.25, -0.2) is 0 Å². The molecule has 112 valence electrons. The molecule has 0 saturated heterocycles. The molecule has 0 fully saturated rings. The maximum Gasteiger partial charge on any atom is 0.274 e. The second-order valence-corrected chi connectivity index (χ2v) is 7.30. The molecule has 2 rings (SSSR count). The Kier molecular flexibility index (Phi) is 4.32. The van der Waals surface area contributed by atoms with Crippen LogP contribution in [0.3, 0.4) is 0 Å². The first-order valence-electron chi connectivity index (χ1n) is 6.85. The first-order valence-corrected chi connectivity index (χ1v) is 7.67. The van der Waals surface area contributed by atoms with Crippen molar-refractivity contribution in [3.8, 4) is 0 Å². The van der Waals surface area contributed by atoms with Crippen LogP contribution in [-0.4, -0.2) is 4.92 Å². The van der Waals surface area contributed by atoms with Crippen LogP contribution in [-0.2, 0) is 12.0 Å². The lowest BCUT2D eigenvalue weighted by atomic mass is 9.95. The highest BCUT2D eigenvalue weighted by molar-refractivity contribution is 7.12. The minimum atomic E-state index is -0.344. The van der Waals surface area contributed by atoms with Gasteiger partial charge in [-0.1, -0.05) is 26.8 Å². The van der Waals surface area contributed by atoms with E-state index in [0.29, 0.717) is 12.1 Å². The van der Waals surface area contributed by atoms with Crippen molar-refractivity contribution in [2.45, 2.75) is 39.7 Å². The number of nitrogens with one attached hydrogen (secondary N) is 1. The predicted molar refractivity (Wildman–Crippen MR) is 88.2 cm³/mol. The van der Waals surface area contributed by atoms with Crippen LogP contribution < -0.4 is 5.32 Å². The molecule has 0 spiro atoms. The van der Waals surface area contributed by atoms with Crippen LogP contribution in [0.15, 0.2) is 30.3 Å². The number of nitro groups is 1. The van der Waals surface area contributed by atoms with Gasteiger partial charge in [0, 0.05) is 33.6 Å². The van der Waals surface area contributed by atoms with Crippen LogP contribution in [0.4, 0.5) is 11.4 Å². The quantitative estimate of drug-likeness (QED) is 0.647. The Morgan fingerprint density at radius 3 is 2.52 bits per heavy atom. The van der Waals surface area contributed by atoms with Crippen LogP contribution in [0.25, 0.3) is 0 Å². The fourth-order valence-corrected chi connectivity index (χ4v) is 2.99. The zero-order valence-corrected chi connectivity index (χ0v) is 13.6. The Morgan fingerprint density at radius 2 is 1.95 bits per heavy atom. The molecule has 4 nitrogen and oxygen atoms in total. The fourth-order valence-electron chi connectivity index (χ4n) is 1.98. The van der Waals surface area contributed by atoms with Gasteiger partial charge < -0.3 is 5.32 Å². The normalized spacial score (nSPS) is 11.4. The molecular weight excluding hydrogens is 284 g/mol. The maximum atomic E-state index is 10.9. The van der Waals surface area contributed by atoms with Gasteiger partial charge in [0.2, 0.25) is 0 Å². The first kappa shape index (κ1) is 15.5. The van der Waals surface area contributed by atoms with Crippen molar-refractivity contribution in [3.05, 3.63) is 55.8 Å². The number of hydrogen-bond acceptors (Lipinski definition) is 4. The topological polar surface area (TPSA) is 55.2 Å². The Bertz CT molecular complexity index is 657. The van der Waals surface area contributed by atoms with Crippen molar-refractivity contribution >= 4 is 22.7 Å². The summed E-state index contributed by atoms with van der Waals surface area (Å²) >= 11 is 1.78. The molecule has 1 N–H and O–H groups in total. The van der Waals surface area contributed by atoms with Crippen LogP contribution in [0.1, 0.15) is 36.1 Å². The van der Waals surface area contributed by atoms with Crippen LogP contribution >= 0.6 is 11.3 Å². The number of hydrogen-bond donors (Lipinski definition) is 1. The number of benzene rings is 1. The van der Waals surface area contributed by atoms with Gasteiger partial charge in [0.1, 0.15) is 0 Å². The number of nitrogens with zero attached hydrogens (tertiary/aromatic N) is 1. The monoisotopic (exact) mass is 304 g/mol. The van der Waals surface area contributed by atoms with Gasteiger partial charge in [0.15, 0.2) is 0 Å². The Labute approximate surface area is 129 Å². The minimum absolute atomic E-state index is 0.154. The van der Waals surface area contributed by atoms with Crippen molar-refractivity contribution < 1.29 is 4.92 Å². The molecule has 0 atom stereocenters. The molecule has 21 heavy (non-hydrogen) atoms. The molecule has 0 bridgehead atoms. The highest BCUT2D eigenvalue weighted by Gasteiger charge is 2.16. The van der Waals surface area contributed by atoms with Gasteiger partial charge in [-0.2, -0.15) is 0 Å². The second-order valence-electron chi connectivity index (χ2n) is 6.13. The van der Waals surface area contributed by atoms with E-state index in [0.717, 1.165) is 5.69 Å². The minimum Gasteiger partial charge on any atom is -0.380 e. The molecule has 5 heteroatoms. The average molecular weight is 304 g/mol. The molecule has 0 aliphatic heterocycles. The molecule has 0 amide bonds. The average Bonchev–Trinajstić information content (AvgIpc) is 2.86. The molecule has 2 aromatic rings. The van der Waals surface area contributed by atoms with E-state index in [1.807, 2.05) is 6.07 Å². The summed E-state index contributed by atoms with van der Waals surface area (Å²) in [4.78, 5) is 13.2. The van der Waals surface area contributed by atoms with E-state index in [-0.39, 0.29) is 16.0 Å². The largest absolute Gasteiger partial charge is 0.380 e. The van der Waals surface area contributed by atoms with Crippen LogP contribution in [0, 0.1) is 17.0 Å². The van der Waals surface area contributed by atoms with Crippen molar-refractivity contribution in [2.24, 2.45) is 0 Å². The smallest absolute Gasteiger partial charge is 0.274 e. The van der Waals surface area contributed by atoms with Crippen LogP contribution in [0.5, 0.6) is 0 Å². The number of aryl methyl sites for hydroxylation is 1. The zero-order chi connectivity index (χ0) is 15.6. The van der Waals surface area contributed by atoms with E-state index in [9.17, 15) is 10.1 Å². The Morgan fingerprint density at radius 1 is 1.24 bits per heavy atom. The molecule has 0 aliphatic rings. The van der Waals surface area contributed by atoms with Gasteiger partial charge >= 0.3 is 0 Å². The summed E-state index contributed by atoms with van der Waals surface area (Å²) in [5.74, 6) is 0. The van der Waals surface area contributed by atoms with E-state index < -0.39 is 0 Å². The molecule has 0 radical (unpaired) electrons. The van der Waals surface area contributed by atoms with E-state index in [2.05, 4.69) is 38.2 Å². The molecule has 1 aromatic heterocycles. The summed E-state index contributed by atoms with van der Waals surface area (Å²) in [6.45, 7) is 9.01. The summed E-state index contributed by atoms with van der Waals surface area (Å²) < 4.78 is 0. The van der Waals surface area contributed by atoms with Gasteiger partial charge in [-0.15, -0.1) is 11.3 Å². The van der Waals surface area contributed by atoms with E-state index in [4.69, 9.17) is 0 Å². The highest BCUT2D eigenvalue weighted by atomic mass is 32.1. The lowest BCUT2D eigenvalue weighted by Gasteiger charge is -2.15. The van der Waals surface area contributed by atoms with Crippen molar-refractivity contribution in [2.75, 3.05) is 5.32 Å². The lowest BCUT2D eigenvalue weighted by molar-refractivity contribution is -0.385. The molecular formula is C16H20N2O2S.